The van der Waals surface area contributed by atoms with Crippen molar-refractivity contribution >= 4 is 22.4 Å². The van der Waals surface area contributed by atoms with Crippen LogP contribution in [0, 0.1) is 0 Å². The first-order valence-electron chi connectivity index (χ1n) is 9.93. The van der Waals surface area contributed by atoms with Crippen molar-refractivity contribution in [2.75, 3.05) is 12.0 Å². The highest BCUT2D eigenvalue weighted by Crippen LogP contribution is 2.34. The third kappa shape index (κ3) is 4.62. The maximum Gasteiger partial charge on any atom is 0.229 e. The van der Waals surface area contributed by atoms with Crippen molar-refractivity contribution in [3.8, 4) is 16.3 Å². The number of carbonyl (C=O) groups is 1. The highest BCUT2D eigenvalue weighted by atomic mass is 32.1. The number of anilines is 1. The molecule has 0 saturated heterocycles. The third-order valence-electron chi connectivity index (χ3n) is 5.29. The van der Waals surface area contributed by atoms with Gasteiger partial charge in [-0.15, -0.1) is 10.2 Å². The number of amides is 1. The molecule has 1 aliphatic rings. The molecule has 3 aromatic rings. The van der Waals surface area contributed by atoms with Crippen molar-refractivity contribution in [2.45, 2.75) is 44.6 Å². The number of nitrogens with zero attached hydrogens (tertiary/aromatic N) is 4. The Kier molecular flexibility index (Phi) is 6.14. The molecule has 0 spiro atoms. The van der Waals surface area contributed by atoms with Crippen LogP contribution in [-0.2, 0) is 11.2 Å². The molecule has 1 fully saturated rings. The number of carbonyl (C=O) groups excluding carboxylic acids is 1. The lowest BCUT2D eigenvalue weighted by atomic mass is 10.1. The van der Waals surface area contributed by atoms with Gasteiger partial charge in [0.1, 0.15) is 10.8 Å². The summed E-state index contributed by atoms with van der Waals surface area (Å²) >= 11 is 1.47. The number of hydrogen-bond acceptors (Lipinski definition) is 6. The largest absolute Gasteiger partial charge is 0.497 e. The molecular formula is C22H24N4O2S. The molecule has 2 heterocycles. The second-order valence-corrected chi connectivity index (χ2v) is 8.13. The summed E-state index contributed by atoms with van der Waals surface area (Å²) in [6.07, 6.45) is 8.99. The van der Waals surface area contributed by atoms with Gasteiger partial charge in [-0.05, 0) is 49.1 Å². The van der Waals surface area contributed by atoms with Crippen LogP contribution in [0.25, 0.3) is 10.6 Å². The molecule has 0 aliphatic heterocycles. The fraction of sp³-hybridized carbons (Fsp3) is 0.364. The monoisotopic (exact) mass is 408 g/mol. The third-order valence-corrected chi connectivity index (χ3v) is 6.26. The van der Waals surface area contributed by atoms with Crippen LogP contribution >= 0.6 is 11.3 Å². The zero-order chi connectivity index (χ0) is 20.1. The Hall–Kier alpha value is -2.80. The molecule has 7 heteroatoms. The van der Waals surface area contributed by atoms with Gasteiger partial charge in [0.25, 0.3) is 0 Å². The number of benzene rings is 1. The highest BCUT2D eigenvalue weighted by Gasteiger charge is 2.30. The predicted molar refractivity (Wildman–Crippen MR) is 114 cm³/mol. The van der Waals surface area contributed by atoms with Crippen molar-refractivity contribution in [3.05, 3.63) is 54.4 Å². The van der Waals surface area contributed by atoms with Gasteiger partial charge in [0.05, 0.1) is 7.11 Å². The number of pyridine rings is 1. The fourth-order valence-electron chi connectivity index (χ4n) is 3.72. The summed E-state index contributed by atoms with van der Waals surface area (Å²) in [6.45, 7) is 0. The van der Waals surface area contributed by atoms with Gasteiger partial charge in [-0.25, -0.2) is 0 Å². The first-order valence-corrected chi connectivity index (χ1v) is 10.7. The lowest BCUT2D eigenvalue weighted by molar-refractivity contribution is -0.119. The van der Waals surface area contributed by atoms with E-state index in [2.05, 4.69) is 15.2 Å². The number of ether oxygens (including phenoxy) is 1. The zero-order valence-electron chi connectivity index (χ0n) is 16.5. The van der Waals surface area contributed by atoms with E-state index in [4.69, 9.17) is 4.74 Å². The van der Waals surface area contributed by atoms with Crippen molar-refractivity contribution in [2.24, 2.45) is 0 Å². The number of aromatic nitrogens is 3. The molecule has 0 atom stereocenters. The first-order chi connectivity index (χ1) is 14.2. The SMILES string of the molecule is COc1ccc(CCC(=O)N(c2nnc(-c3ccncc3)s2)C2CCCC2)cc1. The smallest absolute Gasteiger partial charge is 0.229 e. The van der Waals surface area contributed by atoms with Crippen LogP contribution < -0.4 is 9.64 Å². The summed E-state index contributed by atoms with van der Waals surface area (Å²) in [5.74, 6) is 0.940. The molecule has 0 radical (unpaired) electrons. The van der Waals surface area contributed by atoms with Gasteiger partial charge in [-0.3, -0.25) is 14.7 Å². The number of hydrogen-bond donors (Lipinski definition) is 0. The van der Waals surface area contributed by atoms with Gasteiger partial charge in [0.15, 0.2) is 0 Å². The second kappa shape index (κ2) is 9.13. The molecular weight excluding hydrogens is 384 g/mol. The Balaban J connectivity index is 1.50. The molecule has 2 aromatic heterocycles. The van der Waals surface area contributed by atoms with E-state index in [1.54, 1.807) is 19.5 Å². The van der Waals surface area contributed by atoms with Crippen molar-refractivity contribution in [1.29, 1.82) is 0 Å². The van der Waals surface area contributed by atoms with E-state index in [1.807, 2.05) is 41.3 Å². The molecule has 4 rings (SSSR count). The van der Waals surface area contributed by atoms with E-state index in [9.17, 15) is 4.79 Å². The highest BCUT2D eigenvalue weighted by molar-refractivity contribution is 7.18. The Morgan fingerprint density at radius 2 is 1.83 bits per heavy atom. The number of methoxy groups -OCH3 is 1. The molecule has 0 bridgehead atoms. The molecule has 1 saturated carbocycles. The number of rotatable bonds is 7. The normalized spacial score (nSPS) is 14.1. The zero-order valence-corrected chi connectivity index (χ0v) is 17.3. The fourth-order valence-corrected chi connectivity index (χ4v) is 4.66. The Bertz CT molecular complexity index is 937. The summed E-state index contributed by atoms with van der Waals surface area (Å²) < 4.78 is 5.20. The maximum absolute atomic E-state index is 13.2. The van der Waals surface area contributed by atoms with Crippen LogP contribution in [-0.4, -0.2) is 34.2 Å². The van der Waals surface area contributed by atoms with Crippen LogP contribution in [0.5, 0.6) is 5.75 Å². The summed E-state index contributed by atoms with van der Waals surface area (Å²) in [4.78, 5) is 19.2. The van der Waals surface area contributed by atoms with E-state index < -0.39 is 0 Å². The molecule has 1 amide bonds. The molecule has 29 heavy (non-hydrogen) atoms. The van der Waals surface area contributed by atoms with E-state index >= 15 is 0 Å². The summed E-state index contributed by atoms with van der Waals surface area (Å²) in [7, 11) is 1.65. The molecule has 6 nitrogen and oxygen atoms in total. The molecule has 1 aromatic carbocycles. The van der Waals surface area contributed by atoms with Gasteiger partial charge < -0.3 is 4.74 Å². The average molecular weight is 409 g/mol. The molecule has 0 N–H and O–H groups in total. The van der Waals surface area contributed by atoms with Crippen LogP contribution in [0.15, 0.2) is 48.8 Å². The topological polar surface area (TPSA) is 68.2 Å². The standard InChI is InChI=1S/C22H24N4O2S/c1-28-19-9-6-16(7-10-19)8-11-20(27)26(18-4-2-3-5-18)22-25-24-21(29-22)17-12-14-23-15-13-17/h6-7,9-10,12-15,18H,2-5,8,11H2,1H3. The van der Waals surface area contributed by atoms with Crippen molar-refractivity contribution in [1.82, 2.24) is 15.2 Å². The average Bonchev–Trinajstić information content (AvgIpc) is 3.47. The lowest BCUT2D eigenvalue weighted by Gasteiger charge is -2.26. The van der Waals surface area contributed by atoms with Crippen molar-refractivity contribution < 1.29 is 9.53 Å². The van der Waals surface area contributed by atoms with Crippen LogP contribution in [0.4, 0.5) is 5.13 Å². The van der Waals surface area contributed by atoms with Crippen molar-refractivity contribution in [3.63, 3.8) is 0 Å². The summed E-state index contributed by atoms with van der Waals surface area (Å²) in [6, 6.07) is 11.9. The van der Waals surface area contributed by atoms with E-state index in [-0.39, 0.29) is 11.9 Å². The van der Waals surface area contributed by atoms with Gasteiger partial charge in [-0.1, -0.05) is 36.3 Å². The summed E-state index contributed by atoms with van der Waals surface area (Å²) in [5.41, 5.74) is 2.10. The lowest BCUT2D eigenvalue weighted by Crippen LogP contribution is -2.39. The molecule has 1 aliphatic carbocycles. The van der Waals surface area contributed by atoms with E-state index in [0.29, 0.717) is 18.0 Å². The molecule has 0 unspecified atom stereocenters. The quantitative estimate of drug-likeness (QED) is 0.575. The Morgan fingerprint density at radius 3 is 2.52 bits per heavy atom. The summed E-state index contributed by atoms with van der Waals surface area (Å²) in [5, 5.41) is 10.2. The molecule has 150 valence electrons. The van der Waals surface area contributed by atoms with Crippen LogP contribution in [0.1, 0.15) is 37.7 Å². The van der Waals surface area contributed by atoms with Gasteiger partial charge in [0, 0.05) is 30.4 Å². The van der Waals surface area contributed by atoms with Crippen LogP contribution in [0.3, 0.4) is 0 Å². The number of aryl methyl sites for hydroxylation is 1. The minimum Gasteiger partial charge on any atom is -0.497 e. The van der Waals surface area contributed by atoms with Gasteiger partial charge >= 0.3 is 0 Å². The Morgan fingerprint density at radius 1 is 1.10 bits per heavy atom. The minimum atomic E-state index is 0.116. The maximum atomic E-state index is 13.2. The first kappa shape index (κ1) is 19.5. The van der Waals surface area contributed by atoms with Gasteiger partial charge in [0.2, 0.25) is 11.0 Å². The second-order valence-electron chi connectivity index (χ2n) is 7.18. The Labute approximate surface area is 174 Å². The predicted octanol–water partition coefficient (Wildman–Crippen LogP) is 4.52. The van der Waals surface area contributed by atoms with E-state index in [0.717, 1.165) is 47.6 Å². The van der Waals surface area contributed by atoms with Crippen LogP contribution in [0.2, 0.25) is 0 Å². The van der Waals surface area contributed by atoms with Gasteiger partial charge in [-0.2, -0.15) is 0 Å². The van der Waals surface area contributed by atoms with E-state index in [1.165, 1.54) is 11.3 Å². The minimum absolute atomic E-state index is 0.116.